The summed E-state index contributed by atoms with van der Waals surface area (Å²) < 4.78 is 1.45. The maximum absolute atomic E-state index is 12.7. The third-order valence-electron chi connectivity index (χ3n) is 5.80. The Morgan fingerprint density at radius 1 is 1.34 bits per heavy atom. The molecule has 3 aliphatic heterocycles. The maximum Gasteiger partial charge on any atom is 0.346 e. The Hall–Kier alpha value is -3.18. The summed E-state index contributed by atoms with van der Waals surface area (Å²) >= 11 is 0. The smallest absolute Gasteiger partial charge is 0.346 e. The van der Waals surface area contributed by atoms with E-state index in [1.807, 2.05) is 13.0 Å². The number of benzene rings is 1. The summed E-state index contributed by atoms with van der Waals surface area (Å²) in [6.45, 7) is 3.16. The van der Waals surface area contributed by atoms with Crippen LogP contribution in [0.5, 0.6) is 0 Å². The molecule has 1 spiro atoms. The number of ketones is 1. The fraction of sp³-hybridized carbons (Fsp3) is 0.444. The summed E-state index contributed by atoms with van der Waals surface area (Å²) in [6, 6.07) is 3.89. The Labute approximate surface area is 166 Å². The SMILES string of the molecule is CC(=O)C1NC(N)=[N+]2C[C@H](NC(=O)c3cccc(C)c3)C(O)(O)[C@@]23NC(N)=N[C@@H]13. The van der Waals surface area contributed by atoms with Crippen molar-refractivity contribution >= 4 is 23.6 Å². The molecule has 1 saturated heterocycles. The Morgan fingerprint density at radius 3 is 2.72 bits per heavy atom. The van der Waals surface area contributed by atoms with Gasteiger partial charge in [-0.25, -0.2) is 9.57 Å². The Morgan fingerprint density at radius 2 is 2.07 bits per heavy atom. The molecule has 1 amide bonds. The third-order valence-corrected chi connectivity index (χ3v) is 5.80. The van der Waals surface area contributed by atoms with Crippen LogP contribution in [0.3, 0.4) is 0 Å². The van der Waals surface area contributed by atoms with Crippen LogP contribution in [0.15, 0.2) is 29.3 Å². The van der Waals surface area contributed by atoms with Gasteiger partial charge in [0.25, 0.3) is 5.91 Å². The van der Waals surface area contributed by atoms with E-state index in [-0.39, 0.29) is 24.2 Å². The molecule has 4 rings (SSSR count). The average molecular weight is 402 g/mol. The van der Waals surface area contributed by atoms with E-state index in [4.69, 9.17) is 11.5 Å². The highest BCUT2D eigenvalue weighted by Crippen LogP contribution is 2.41. The second-order valence-corrected chi connectivity index (χ2v) is 7.70. The maximum atomic E-state index is 12.7. The highest BCUT2D eigenvalue weighted by Gasteiger charge is 2.75. The van der Waals surface area contributed by atoms with Gasteiger partial charge >= 0.3 is 5.96 Å². The predicted octanol–water partition coefficient (Wildman–Crippen LogP) is -3.34. The van der Waals surface area contributed by atoms with Gasteiger partial charge in [0.1, 0.15) is 6.04 Å². The van der Waals surface area contributed by atoms with Gasteiger partial charge in [-0.15, -0.1) is 0 Å². The number of aryl methyl sites for hydroxylation is 1. The molecule has 1 unspecified atom stereocenters. The second-order valence-electron chi connectivity index (χ2n) is 7.70. The molecular formula is C18H24N7O4+. The topological polar surface area (TPSA) is 178 Å². The number of nitrogens with two attached hydrogens (primary N) is 2. The second kappa shape index (κ2) is 6.16. The average Bonchev–Trinajstić information content (AvgIpc) is 3.10. The minimum absolute atomic E-state index is 0.0414. The van der Waals surface area contributed by atoms with Gasteiger partial charge in [-0.2, -0.15) is 0 Å². The Balaban J connectivity index is 1.73. The van der Waals surface area contributed by atoms with Crippen molar-refractivity contribution in [3.8, 4) is 0 Å². The zero-order valence-electron chi connectivity index (χ0n) is 16.0. The van der Waals surface area contributed by atoms with E-state index in [1.165, 1.54) is 11.5 Å². The molecule has 11 heteroatoms. The van der Waals surface area contributed by atoms with E-state index in [0.29, 0.717) is 5.56 Å². The summed E-state index contributed by atoms with van der Waals surface area (Å²) in [4.78, 5) is 29.1. The van der Waals surface area contributed by atoms with Gasteiger partial charge in [-0.1, -0.05) is 17.7 Å². The van der Waals surface area contributed by atoms with E-state index in [1.54, 1.807) is 18.2 Å². The molecule has 11 nitrogen and oxygen atoms in total. The van der Waals surface area contributed by atoms with Crippen LogP contribution in [0, 0.1) is 6.92 Å². The van der Waals surface area contributed by atoms with Crippen LogP contribution in [-0.2, 0) is 4.79 Å². The van der Waals surface area contributed by atoms with E-state index >= 15 is 0 Å². The number of hydrogen-bond donors (Lipinski definition) is 7. The monoisotopic (exact) mass is 402 g/mol. The third kappa shape index (κ3) is 2.58. The van der Waals surface area contributed by atoms with Gasteiger partial charge in [-0.05, 0) is 26.0 Å². The van der Waals surface area contributed by atoms with Gasteiger partial charge in [0.2, 0.25) is 11.4 Å². The first-order valence-electron chi connectivity index (χ1n) is 9.18. The van der Waals surface area contributed by atoms with Gasteiger partial charge < -0.3 is 26.6 Å². The van der Waals surface area contributed by atoms with Crippen LogP contribution in [0.4, 0.5) is 0 Å². The zero-order chi connectivity index (χ0) is 21.1. The first kappa shape index (κ1) is 19.2. The molecular weight excluding hydrogens is 378 g/mol. The molecule has 0 aromatic heterocycles. The summed E-state index contributed by atoms with van der Waals surface area (Å²) in [7, 11) is 0. The molecule has 4 atom stereocenters. The van der Waals surface area contributed by atoms with Crippen molar-refractivity contribution in [2.45, 2.75) is 43.4 Å². The fourth-order valence-corrected chi connectivity index (χ4v) is 4.42. The number of carbonyl (C=O) groups is 2. The number of aliphatic imine (C=N–C) groups is 1. The Kier molecular flexibility index (Phi) is 4.07. The number of hydrogen-bond acceptors (Lipinski definition) is 9. The number of carbonyl (C=O) groups excluding carboxylic acids is 2. The highest BCUT2D eigenvalue weighted by molar-refractivity contribution is 5.95. The molecule has 154 valence electrons. The number of rotatable bonds is 3. The van der Waals surface area contributed by atoms with Crippen molar-refractivity contribution < 1.29 is 24.4 Å². The number of amides is 1. The fourth-order valence-electron chi connectivity index (χ4n) is 4.42. The van der Waals surface area contributed by atoms with Gasteiger partial charge in [-0.3, -0.25) is 20.6 Å². The summed E-state index contributed by atoms with van der Waals surface area (Å²) in [5.74, 6) is -3.30. The van der Waals surface area contributed by atoms with Crippen molar-refractivity contribution in [3.05, 3.63) is 35.4 Å². The van der Waals surface area contributed by atoms with Crippen molar-refractivity contribution in [3.63, 3.8) is 0 Å². The number of nitrogens with one attached hydrogen (secondary N) is 3. The Bertz CT molecular complexity index is 973. The van der Waals surface area contributed by atoms with Crippen LogP contribution in [0.25, 0.3) is 0 Å². The zero-order valence-corrected chi connectivity index (χ0v) is 16.0. The molecule has 3 heterocycles. The molecule has 0 radical (unpaired) electrons. The lowest BCUT2D eigenvalue weighted by Gasteiger charge is -2.43. The van der Waals surface area contributed by atoms with E-state index in [9.17, 15) is 19.8 Å². The van der Waals surface area contributed by atoms with Gasteiger partial charge in [0.15, 0.2) is 23.8 Å². The van der Waals surface area contributed by atoms with Crippen molar-refractivity contribution in [1.82, 2.24) is 16.0 Å². The number of guanidine groups is 2. The number of aliphatic hydroxyl groups is 2. The standard InChI is InChI=1S/C18H23N7O4/c1-8-4-3-5-10(6-8)14(27)21-11-7-25-16(20)22-12(9(2)26)13-17(25,18(11,28)29)24-15(19)23-13/h3-6,11-13,28-29H,7H2,1-2H3,(H6,19,20,21,22,23,24,27)/p+1/t11-,12?,13-,17-/m0/s1. The van der Waals surface area contributed by atoms with Crippen molar-refractivity contribution in [2.75, 3.05) is 6.54 Å². The van der Waals surface area contributed by atoms with Gasteiger partial charge in [0.05, 0.1) is 6.54 Å². The number of Topliss-reactive ketones (excluding diaryl/α,β-unsaturated/α-hetero) is 1. The summed E-state index contributed by atoms with van der Waals surface area (Å²) in [6.07, 6.45) is 0. The lowest BCUT2D eigenvalue weighted by Crippen LogP contribution is -2.79. The lowest BCUT2D eigenvalue weighted by molar-refractivity contribution is -0.622. The minimum atomic E-state index is -2.54. The van der Waals surface area contributed by atoms with Crippen LogP contribution < -0.4 is 27.4 Å². The van der Waals surface area contributed by atoms with E-state index in [2.05, 4.69) is 20.9 Å². The molecule has 29 heavy (non-hydrogen) atoms. The van der Waals surface area contributed by atoms with Crippen LogP contribution in [0.1, 0.15) is 22.8 Å². The van der Waals surface area contributed by atoms with Crippen molar-refractivity contribution in [1.29, 1.82) is 0 Å². The molecule has 3 aliphatic rings. The highest BCUT2D eigenvalue weighted by atomic mass is 16.5. The quantitative estimate of drug-likeness (QED) is 0.202. The molecule has 1 fully saturated rings. The first-order chi connectivity index (χ1) is 13.6. The first-order valence-corrected chi connectivity index (χ1v) is 9.18. The predicted molar refractivity (Wildman–Crippen MR) is 103 cm³/mol. The van der Waals surface area contributed by atoms with E-state index in [0.717, 1.165) is 5.56 Å². The van der Waals surface area contributed by atoms with Gasteiger partial charge in [0, 0.05) is 5.56 Å². The van der Waals surface area contributed by atoms with Crippen LogP contribution in [0.2, 0.25) is 0 Å². The molecule has 9 N–H and O–H groups in total. The minimum Gasteiger partial charge on any atom is -0.370 e. The summed E-state index contributed by atoms with van der Waals surface area (Å²) in [5.41, 5.74) is 11.5. The van der Waals surface area contributed by atoms with Crippen LogP contribution in [-0.4, -0.2) is 74.5 Å². The lowest BCUT2D eigenvalue weighted by atomic mass is 9.84. The number of nitrogens with zero attached hydrogens (tertiary/aromatic N) is 2. The molecule has 0 aliphatic carbocycles. The molecule has 1 aromatic rings. The largest absolute Gasteiger partial charge is 0.370 e. The van der Waals surface area contributed by atoms with Crippen LogP contribution >= 0.6 is 0 Å². The molecule has 0 bridgehead atoms. The molecule has 0 saturated carbocycles. The molecule has 1 aromatic carbocycles. The van der Waals surface area contributed by atoms with E-state index < -0.39 is 35.5 Å². The summed E-state index contributed by atoms with van der Waals surface area (Å²) in [5, 5.41) is 30.7. The normalized spacial score (nSPS) is 31.9. The van der Waals surface area contributed by atoms with Crippen molar-refractivity contribution in [2.24, 2.45) is 16.5 Å².